The van der Waals surface area contributed by atoms with Crippen LogP contribution < -0.4 is 10.2 Å². The van der Waals surface area contributed by atoms with Crippen LogP contribution >= 0.6 is 0 Å². The van der Waals surface area contributed by atoms with Crippen LogP contribution in [0.2, 0.25) is 0 Å². The van der Waals surface area contributed by atoms with Crippen LogP contribution in [0.15, 0.2) is 24.3 Å². The first kappa shape index (κ1) is 13.4. The molecule has 2 heteroatoms. The van der Waals surface area contributed by atoms with E-state index in [9.17, 15) is 0 Å². The summed E-state index contributed by atoms with van der Waals surface area (Å²) in [6, 6.07) is 9.07. The van der Waals surface area contributed by atoms with Gasteiger partial charge in [-0.3, -0.25) is 0 Å². The van der Waals surface area contributed by atoms with E-state index < -0.39 is 0 Å². The normalized spacial score (nSPS) is 21.8. The van der Waals surface area contributed by atoms with Crippen molar-refractivity contribution in [1.82, 2.24) is 5.32 Å². The summed E-state index contributed by atoms with van der Waals surface area (Å²) in [5, 5.41) is 3.51. The maximum Gasteiger partial charge on any atom is 0.0369 e. The van der Waals surface area contributed by atoms with Gasteiger partial charge in [0.05, 0.1) is 0 Å². The number of anilines is 1. The fraction of sp³-hybridized carbons (Fsp3) is 0.625. The van der Waals surface area contributed by atoms with Crippen LogP contribution in [-0.2, 0) is 0 Å². The zero-order chi connectivity index (χ0) is 13.0. The van der Waals surface area contributed by atoms with Crippen molar-refractivity contribution in [2.45, 2.75) is 33.1 Å². The van der Waals surface area contributed by atoms with Gasteiger partial charge in [-0.15, -0.1) is 0 Å². The first-order valence-electron chi connectivity index (χ1n) is 7.22. The molecule has 1 aliphatic heterocycles. The van der Waals surface area contributed by atoms with Crippen molar-refractivity contribution >= 4 is 5.69 Å². The van der Waals surface area contributed by atoms with Crippen molar-refractivity contribution in [3.63, 3.8) is 0 Å². The van der Waals surface area contributed by atoms with Crippen molar-refractivity contribution in [1.29, 1.82) is 0 Å². The molecule has 1 aliphatic rings. The average Bonchev–Trinajstić information content (AvgIpc) is 2.33. The second kappa shape index (κ2) is 6.24. The van der Waals surface area contributed by atoms with E-state index in [-0.39, 0.29) is 0 Å². The van der Waals surface area contributed by atoms with E-state index in [1.807, 2.05) is 0 Å². The molecule has 0 amide bonds. The smallest absolute Gasteiger partial charge is 0.0369 e. The van der Waals surface area contributed by atoms with E-state index in [0.29, 0.717) is 11.8 Å². The van der Waals surface area contributed by atoms with E-state index in [2.05, 4.69) is 55.3 Å². The van der Waals surface area contributed by atoms with E-state index in [4.69, 9.17) is 0 Å². The van der Waals surface area contributed by atoms with Gasteiger partial charge in [-0.2, -0.15) is 0 Å². The molecule has 18 heavy (non-hydrogen) atoms. The Kier molecular flexibility index (Phi) is 4.65. The Morgan fingerprint density at radius 2 is 2.17 bits per heavy atom. The molecule has 100 valence electrons. The van der Waals surface area contributed by atoms with Crippen LogP contribution in [0, 0.1) is 5.92 Å². The van der Waals surface area contributed by atoms with Gasteiger partial charge >= 0.3 is 0 Å². The lowest BCUT2D eigenvalue weighted by atomic mass is 10.0. The maximum absolute atomic E-state index is 3.51. The van der Waals surface area contributed by atoms with E-state index in [0.717, 1.165) is 19.6 Å². The molecule has 0 saturated carbocycles. The predicted molar refractivity (Wildman–Crippen MR) is 79.4 cm³/mol. The summed E-state index contributed by atoms with van der Waals surface area (Å²) in [5.41, 5.74) is 2.84. The number of hydrogen-bond acceptors (Lipinski definition) is 2. The van der Waals surface area contributed by atoms with Crippen molar-refractivity contribution in [2.75, 3.05) is 31.1 Å². The summed E-state index contributed by atoms with van der Waals surface area (Å²) in [6.07, 6.45) is 1.23. The third kappa shape index (κ3) is 3.49. The summed E-state index contributed by atoms with van der Waals surface area (Å²) in [7, 11) is 0. The number of benzene rings is 1. The summed E-state index contributed by atoms with van der Waals surface area (Å²) < 4.78 is 0. The van der Waals surface area contributed by atoms with Gasteiger partial charge in [-0.05, 0) is 49.0 Å². The monoisotopic (exact) mass is 246 g/mol. The molecule has 0 aromatic heterocycles. The molecular weight excluding hydrogens is 220 g/mol. The minimum Gasteiger partial charge on any atom is -0.371 e. The highest BCUT2D eigenvalue weighted by atomic mass is 15.1. The molecule has 1 aromatic rings. The number of hydrogen-bond donors (Lipinski definition) is 1. The van der Waals surface area contributed by atoms with Crippen LogP contribution in [0.1, 0.15) is 38.7 Å². The Bertz CT molecular complexity index is 373. The Hall–Kier alpha value is -1.02. The Morgan fingerprint density at radius 1 is 1.33 bits per heavy atom. The summed E-state index contributed by atoms with van der Waals surface area (Å²) >= 11 is 0. The van der Waals surface area contributed by atoms with Crippen molar-refractivity contribution in [2.24, 2.45) is 5.92 Å². The van der Waals surface area contributed by atoms with Crippen LogP contribution in [0.5, 0.6) is 0 Å². The molecule has 0 bridgehead atoms. The van der Waals surface area contributed by atoms with Crippen LogP contribution in [0.4, 0.5) is 5.69 Å². The third-order valence-corrected chi connectivity index (χ3v) is 3.71. The number of nitrogens with zero attached hydrogens (tertiary/aromatic N) is 1. The van der Waals surface area contributed by atoms with E-state index in [1.54, 1.807) is 0 Å². The molecule has 1 heterocycles. The van der Waals surface area contributed by atoms with Crippen molar-refractivity contribution < 1.29 is 0 Å². The van der Waals surface area contributed by atoms with Gasteiger partial charge in [-0.1, -0.05) is 32.9 Å². The Balaban J connectivity index is 2.14. The minimum absolute atomic E-state index is 0.610. The molecule has 1 saturated heterocycles. The van der Waals surface area contributed by atoms with Gasteiger partial charge < -0.3 is 10.2 Å². The van der Waals surface area contributed by atoms with Crippen LogP contribution in [0.25, 0.3) is 0 Å². The first-order valence-corrected chi connectivity index (χ1v) is 7.22. The molecule has 0 radical (unpaired) electrons. The topological polar surface area (TPSA) is 15.3 Å². The zero-order valence-electron chi connectivity index (χ0n) is 11.9. The van der Waals surface area contributed by atoms with E-state index >= 15 is 0 Å². The predicted octanol–water partition coefficient (Wildman–Crippen LogP) is 3.25. The summed E-state index contributed by atoms with van der Waals surface area (Å²) in [5.74, 6) is 1.33. The highest BCUT2D eigenvalue weighted by Gasteiger charge is 2.14. The maximum atomic E-state index is 3.51. The average molecular weight is 246 g/mol. The molecule has 2 nitrogen and oxygen atoms in total. The Labute approximate surface area is 111 Å². The van der Waals surface area contributed by atoms with Crippen molar-refractivity contribution in [3.8, 4) is 0 Å². The molecular formula is C16H26N2. The fourth-order valence-electron chi connectivity index (χ4n) is 2.59. The van der Waals surface area contributed by atoms with Crippen LogP contribution in [0.3, 0.4) is 0 Å². The van der Waals surface area contributed by atoms with Gasteiger partial charge in [0.1, 0.15) is 0 Å². The van der Waals surface area contributed by atoms with Gasteiger partial charge in [0, 0.05) is 18.8 Å². The number of rotatable bonds is 2. The van der Waals surface area contributed by atoms with Gasteiger partial charge in [0.15, 0.2) is 0 Å². The molecule has 0 aliphatic carbocycles. The zero-order valence-corrected chi connectivity index (χ0v) is 11.9. The molecule has 2 rings (SSSR count). The second-order valence-corrected chi connectivity index (χ2v) is 5.86. The summed E-state index contributed by atoms with van der Waals surface area (Å²) in [4.78, 5) is 2.55. The quantitative estimate of drug-likeness (QED) is 0.862. The Morgan fingerprint density at radius 3 is 2.94 bits per heavy atom. The van der Waals surface area contributed by atoms with Gasteiger partial charge in [-0.25, -0.2) is 0 Å². The largest absolute Gasteiger partial charge is 0.371 e. The molecule has 1 aromatic carbocycles. The van der Waals surface area contributed by atoms with E-state index in [1.165, 1.54) is 24.2 Å². The minimum atomic E-state index is 0.610. The fourth-order valence-corrected chi connectivity index (χ4v) is 2.59. The molecule has 1 atom stereocenters. The lowest BCUT2D eigenvalue weighted by Crippen LogP contribution is -2.38. The number of nitrogens with one attached hydrogen (secondary N) is 1. The van der Waals surface area contributed by atoms with Crippen molar-refractivity contribution in [3.05, 3.63) is 29.8 Å². The summed E-state index contributed by atoms with van der Waals surface area (Å²) in [6.45, 7) is 11.5. The molecule has 1 fully saturated rings. The third-order valence-electron chi connectivity index (χ3n) is 3.71. The standard InChI is InChI=1S/C16H26N2/c1-13(2)15-6-4-7-16(10-15)18-9-5-8-17-11-14(3)12-18/h4,6-7,10,13-14,17H,5,8-9,11-12H2,1-3H3. The molecule has 0 spiro atoms. The van der Waals surface area contributed by atoms with Crippen LogP contribution in [-0.4, -0.2) is 26.2 Å². The molecule has 1 N–H and O–H groups in total. The lowest BCUT2D eigenvalue weighted by molar-refractivity contribution is 0.468. The lowest BCUT2D eigenvalue weighted by Gasteiger charge is -2.31. The highest BCUT2D eigenvalue weighted by molar-refractivity contribution is 5.49. The molecule has 1 unspecified atom stereocenters. The van der Waals surface area contributed by atoms with Gasteiger partial charge in [0.25, 0.3) is 0 Å². The SMILES string of the molecule is CC1CNCCCN(c2cccc(C(C)C)c2)C1. The second-order valence-electron chi connectivity index (χ2n) is 5.86. The first-order chi connectivity index (χ1) is 8.66. The highest BCUT2D eigenvalue weighted by Crippen LogP contribution is 2.23. The van der Waals surface area contributed by atoms with Gasteiger partial charge in [0.2, 0.25) is 0 Å².